The van der Waals surface area contributed by atoms with Crippen LogP contribution in [-0.4, -0.2) is 47.5 Å². The number of nitrogens with zero attached hydrogens (tertiary/aromatic N) is 3. The van der Waals surface area contributed by atoms with Gasteiger partial charge in [-0.3, -0.25) is 4.79 Å². The van der Waals surface area contributed by atoms with Crippen LogP contribution in [0.15, 0.2) is 30.3 Å². The highest BCUT2D eigenvalue weighted by molar-refractivity contribution is 7.15. The van der Waals surface area contributed by atoms with Crippen LogP contribution in [0.1, 0.15) is 47.6 Å². The molecule has 0 aliphatic carbocycles. The van der Waals surface area contributed by atoms with Crippen molar-refractivity contribution >= 4 is 22.4 Å². The predicted octanol–water partition coefficient (Wildman–Crippen LogP) is 3.02. The predicted molar refractivity (Wildman–Crippen MR) is 108 cm³/mol. The molecule has 1 aromatic carbocycles. The summed E-state index contributed by atoms with van der Waals surface area (Å²) in [6, 6.07) is 10.8. The number of fused-ring (bicyclic) bond motifs is 3. The zero-order chi connectivity index (χ0) is 18.6. The van der Waals surface area contributed by atoms with Crippen LogP contribution in [-0.2, 0) is 12.0 Å². The van der Waals surface area contributed by atoms with Crippen LogP contribution in [0.4, 0.5) is 5.13 Å². The molecular weight excluding hydrogens is 356 g/mol. The van der Waals surface area contributed by atoms with Gasteiger partial charge in [0.25, 0.3) is 5.91 Å². The van der Waals surface area contributed by atoms with E-state index in [1.807, 2.05) is 35.2 Å². The van der Waals surface area contributed by atoms with Crippen molar-refractivity contribution in [2.24, 2.45) is 0 Å². The Bertz CT molecular complexity index is 846. The highest BCUT2D eigenvalue weighted by Crippen LogP contribution is 2.42. The lowest BCUT2D eigenvalue weighted by atomic mass is 9.85. The van der Waals surface area contributed by atoms with Crippen molar-refractivity contribution in [3.05, 3.63) is 46.5 Å². The minimum Gasteiger partial charge on any atom is -0.340 e. The highest BCUT2D eigenvalue weighted by Gasteiger charge is 2.42. The number of rotatable bonds is 2. The fraction of sp³-hybridized carbons (Fsp3) is 0.524. The first-order valence-electron chi connectivity index (χ1n) is 9.86. The van der Waals surface area contributed by atoms with Gasteiger partial charge in [-0.2, -0.15) is 0 Å². The molecule has 1 amide bonds. The molecule has 5 rings (SSSR count). The fourth-order valence-electron chi connectivity index (χ4n) is 4.86. The number of piperazine rings is 1. The average Bonchev–Trinajstić information content (AvgIpc) is 3.19. The SMILES string of the molecule is CC1(C)CN(C(=O)c2ccccc2)Cc2sc(N3C4CCC3CNC4)nc21. The minimum absolute atomic E-state index is 0.117. The molecule has 3 aliphatic rings. The largest absolute Gasteiger partial charge is 0.340 e. The number of benzene rings is 1. The van der Waals surface area contributed by atoms with Crippen molar-refractivity contribution in [1.29, 1.82) is 0 Å². The molecule has 142 valence electrons. The maximum absolute atomic E-state index is 13.0. The molecule has 0 spiro atoms. The lowest BCUT2D eigenvalue weighted by Crippen LogP contribution is -2.52. The van der Waals surface area contributed by atoms with E-state index in [0.717, 1.165) is 23.8 Å². The third kappa shape index (κ3) is 2.86. The van der Waals surface area contributed by atoms with Crippen LogP contribution in [0.3, 0.4) is 0 Å². The number of hydrogen-bond acceptors (Lipinski definition) is 5. The Morgan fingerprint density at radius 1 is 1.19 bits per heavy atom. The molecule has 2 atom stereocenters. The normalized spacial score (nSPS) is 26.1. The molecule has 27 heavy (non-hydrogen) atoms. The van der Waals surface area contributed by atoms with Crippen molar-refractivity contribution in [2.75, 3.05) is 24.5 Å². The smallest absolute Gasteiger partial charge is 0.254 e. The molecule has 4 heterocycles. The fourth-order valence-corrected chi connectivity index (χ4v) is 6.26. The third-order valence-electron chi connectivity index (χ3n) is 6.16. The van der Waals surface area contributed by atoms with Gasteiger partial charge in [0, 0.05) is 47.6 Å². The van der Waals surface area contributed by atoms with Gasteiger partial charge >= 0.3 is 0 Å². The summed E-state index contributed by atoms with van der Waals surface area (Å²) in [5.41, 5.74) is 1.83. The third-order valence-corrected chi connectivity index (χ3v) is 7.21. The summed E-state index contributed by atoms with van der Waals surface area (Å²) in [5, 5.41) is 4.71. The molecule has 0 saturated carbocycles. The van der Waals surface area contributed by atoms with E-state index in [-0.39, 0.29) is 11.3 Å². The molecule has 0 radical (unpaired) electrons. The first kappa shape index (κ1) is 17.2. The van der Waals surface area contributed by atoms with Gasteiger partial charge in [0.05, 0.1) is 12.2 Å². The zero-order valence-electron chi connectivity index (χ0n) is 15.9. The molecule has 2 aromatic rings. The lowest BCUT2D eigenvalue weighted by molar-refractivity contribution is 0.0687. The van der Waals surface area contributed by atoms with Gasteiger partial charge < -0.3 is 15.1 Å². The van der Waals surface area contributed by atoms with E-state index in [0.29, 0.717) is 25.2 Å². The average molecular weight is 383 g/mol. The Labute approximate surface area is 164 Å². The molecule has 2 unspecified atom stereocenters. The van der Waals surface area contributed by atoms with E-state index in [2.05, 4.69) is 24.1 Å². The molecule has 2 bridgehead atoms. The summed E-state index contributed by atoms with van der Waals surface area (Å²) in [6.45, 7) is 7.93. The van der Waals surface area contributed by atoms with E-state index in [1.165, 1.54) is 23.4 Å². The molecule has 5 nitrogen and oxygen atoms in total. The summed E-state index contributed by atoms with van der Waals surface area (Å²) in [6.07, 6.45) is 2.51. The number of carbonyl (C=O) groups excluding carboxylic acids is 1. The number of hydrogen-bond donors (Lipinski definition) is 1. The van der Waals surface area contributed by atoms with Crippen molar-refractivity contribution < 1.29 is 4.79 Å². The van der Waals surface area contributed by atoms with Crippen LogP contribution < -0.4 is 10.2 Å². The number of nitrogens with one attached hydrogen (secondary N) is 1. The van der Waals surface area contributed by atoms with Crippen molar-refractivity contribution in [1.82, 2.24) is 15.2 Å². The van der Waals surface area contributed by atoms with E-state index in [1.54, 1.807) is 11.3 Å². The van der Waals surface area contributed by atoms with E-state index in [4.69, 9.17) is 4.98 Å². The summed E-state index contributed by atoms with van der Waals surface area (Å²) < 4.78 is 0. The number of thiazole rings is 1. The van der Waals surface area contributed by atoms with Crippen LogP contribution in [0, 0.1) is 0 Å². The topological polar surface area (TPSA) is 48.5 Å². The lowest BCUT2D eigenvalue weighted by Gasteiger charge is -2.37. The number of anilines is 1. The summed E-state index contributed by atoms with van der Waals surface area (Å²) in [5.74, 6) is 0.117. The summed E-state index contributed by atoms with van der Waals surface area (Å²) in [7, 11) is 0. The quantitative estimate of drug-likeness (QED) is 0.867. The molecule has 2 saturated heterocycles. The first-order chi connectivity index (χ1) is 13.0. The van der Waals surface area contributed by atoms with Crippen LogP contribution in [0.2, 0.25) is 0 Å². The van der Waals surface area contributed by atoms with E-state index >= 15 is 0 Å². The molecule has 3 aliphatic heterocycles. The maximum Gasteiger partial charge on any atom is 0.254 e. The molecule has 1 N–H and O–H groups in total. The van der Waals surface area contributed by atoms with Crippen molar-refractivity contribution in [2.45, 2.75) is 50.7 Å². The van der Waals surface area contributed by atoms with Crippen LogP contribution in [0.25, 0.3) is 0 Å². The Hall–Kier alpha value is -1.92. The van der Waals surface area contributed by atoms with Gasteiger partial charge in [-0.25, -0.2) is 4.98 Å². The second-order valence-electron chi connectivity index (χ2n) is 8.63. The molecule has 1 aromatic heterocycles. The van der Waals surface area contributed by atoms with Gasteiger partial charge in [-0.05, 0) is 25.0 Å². The summed E-state index contributed by atoms with van der Waals surface area (Å²) in [4.78, 5) is 23.9. The second-order valence-corrected chi connectivity index (χ2v) is 9.69. The first-order valence-corrected chi connectivity index (χ1v) is 10.7. The van der Waals surface area contributed by atoms with E-state index in [9.17, 15) is 4.79 Å². The minimum atomic E-state index is -0.125. The summed E-state index contributed by atoms with van der Waals surface area (Å²) >= 11 is 1.80. The number of aromatic nitrogens is 1. The van der Waals surface area contributed by atoms with Crippen LogP contribution >= 0.6 is 11.3 Å². The number of amides is 1. The number of carbonyl (C=O) groups is 1. The standard InChI is InChI=1S/C21H26N4OS/c1-21(2)13-24(19(26)14-6-4-3-5-7-14)12-17-18(21)23-20(27-17)25-15-8-9-16(25)11-22-10-15/h3-7,15-16,22H,8-13H2,1-2H3. The second kappa shape index (κ2) is 6.31. The Kier molecular flexibility index (Phi) is 4.02. The molecular formula is C21H26N4OS. The van der Waals surface area contributed by atoms with Gasteiger partial charge in [0.1, 0.15) is 0 Å². The zero-order valence-corrected chi connectivity index (χ0v) is 16.8. The molecule has 6 heteroatoms. The van der Waals surface area contributed by atoms with Gasteiger partial charge in [0.15, 0.2) is 5.13 Å². The Morgan fingerprint density at radius 3 is 2.59 bits per heavy atom. The van der Waals surface area contributed by atoms with E-state index < -0.39 is 0 Å². The van der Waals surface area contributed by atoms with Crippen molar-refractivity contribution in [3.63, 3.8) is 0 Å². The Balaban J connectivity index is 1.46. The van der Waals surface area contributed by atoms with Gasteiger partial charge in [-0.15, -0.1) is 0 Å². The highest BCUT2D eigenvalue weighted by atomic mass is 32.1. The van der Waals surface area contributed by atoms with Crippen LogP contribution in [0.5, 0.6) is 0 Å². The molecule has 2 fully saturated rings. The Morgan fingerprint density at radius 2 is 1.89 bits per heavy atom. The monoisotopic (exact) mass is 382 g/mol. The van der Waals surface area contributed by atoms with Gasteiger partial charge in [-0.1, -0.05) is 43.4 Å². The van der Waals surface area contributed by atoms with Crippen molar-refractivity contribution in [3.8, 4) is 0 Å². The van der Waals surface area contributed by atoms with Gasteiger partial charge in [0.2, 0.25) is 0 Å². The maximum atomic E-state index is 13.0.